The van der Waals surface area contributed by atoms with E-state index in [4.69, 9.17) is 39.5 Å². The van der Waals surface area contributed by atoms with Crippen molar-refractivity contribution in [1.82, 2.24) is 90.0 Å². The second-order valence-corrected chi connectivity index (χ2v) is 34.0. The number of carboxylic acid groups (broad SMARTS) is 1. The van der Waals surface area contributed by atoms with Gasteiger partial charge in [-0.25, -0.2) is 0 Å². The summed E-state index contributed by atoms with van der Waals surface area (Å²) in [7, 11) is 1.07. The molecule has 138 heavy (non-hydrogen) atoms. The molecular weight excluding hydrogens is 1800 g/mol. The highest BCUT2D eigenvalue weighted by Crippen LogP contribution is 2.18. The number of hydrogen-bond acceptors (Lipinski definition) is 26. The predicted molar refractivity (Wildman–Crippen MR) is 500 cm³/mol. The zero-order chi connectivity index (χ0) is 103. The number of benzene rings is 4. The van der Waals surface area contributed by atoms with E-state index in [9.17, 15) is 93.0 Å². The first-order valence-electron chi connectivity index (χ1n) is 44.7. The number of nitrogens with one attached hydrogen (secondary N) is 18. The van der Waals surface area contributed by atoms with Crippen molar-refractivity contribution < 1.29 is 117 Å². The smallest absolute Gasteiger partial charge is 0.325 e. The first-order valence-corrected chi connectivity index (χ1v) is 44.7. The maximum Gasteiger partial charge on any atom is 0.325 e. The molecule has 17 amide bonds. The van der Waals surface area contributed by atoms with Gasteiger partial charge in [-0.1, -0.05) is 149 Å². The van der Waals surface area contributed by atoms with Crippen LogP contribution in [0, 0.1) is 22.7 Å². The molecule has 4 rings (SSSR count). The minimum Gasteiger partial charge on any atom is -0.480 e. The summed E-state index contributed by atoms with van der Waals surface area (Å²) in [5.41, 5.74) is 29.6. The number of carbonyl (C=O) groups is 18. The summed E-state index contributed by atoms with van der Waals surface area (Å²) in [5, 5.41) is 117. The van der Waals surface area contributed by atoms with E-state index in [0.29, 0.717) is 22.3 Å². The average Bonchev–Trinajstić information content (AvgIpc) is 0.819. The van der Waals surface area contributed by atoms with E-state index in [1.807, 2.05) is 0 Å². The van der Waals surface area contributed by atoms with Crippen LogP contribution in [-0.2, 0) is 112 Å². The molecular formula is C90H134N24O24. The Hall–Kier alpha value is -14.4. The first kappa shape index (κ1) is 116. The second-order valence-electron chi connectivity index (χ2n) is 34.0. The van der Waals surface area contributed by atoms with Crippen LogP contribution in [-0.4, -0.2) is 303 Å². The van der Waals surface area contributed by atoms with Crippen molar-refractivity contribution in [1.29, 1.82) is 10.8 Å². The van der Waals surface area contributed by atoms with E-state index in [0.717, 1.165) is 32.7 Å². The Morgan fingerprint density at radius 1 is 0.341 bits per heavy atom. The van der Waals surface area contributed by atoms with Crippen molar-refractivity contribution in [3.8, 4) is 0 Å². The fraction of sp³-hybridized carbons (Fsp3) is 0.511. The van der Waals surface area contributed by atoms with Crippen LogP contribution < -0.4 is 114 Å². The molecule has 48 heteroatoms. The summed E-state index contributed by atoms with van der Waals surface area (Å²) in [6, 6.07) is 5.02. The molecule has 0 aliphatic rings. The first-order chi connectivity index (χ1) is 65.2. The third-order valence-corrected chi connectivity index (χ3v) is 21.4. The fourth-order valence-electron chi connectivity index (χ4n) is 13.9. The maximum atomic E-state index is 15.4. The predicted octanol–water partition coefficient (Wildman–Crippen LogP) is -8.50. The van der Waals surface area contributed by atoms with Crippen LogP contribution in [0.25, 0.3) is 0 Å². The molecule has 0 heterocycles. The Bertz CT molecular complexity index is 4760. The molecule has 0 aromatic heterocycles. The third-order valence-electron chi connectivity index (χ3n) is 21.4. The molecule has 0 unspecified atom stereocenters. The average molecular weight is 1940 g/mol. The van der Waals surface area contributed by atoms with Gasteiger partial charge in [0, 0.05) is 52.2 Å². The molecule has 758 valence electrons. The molecule has 48 nitrogen and oxygen atoms in total. The molecule has 0 saturated carbocycles. The van der Waals surface area contributed by atoms with Crippen molar-refractivity contribution in [3.05, 3.63) is 144 Å². The number of carboxylic acids is 1. The van der Waals surface area contributed by atoms with Gasteiger partial charge < -0.3 is 149 Å². The molecule has 4 aromatic carbocycles. The van der Waals surface area contributed by atoms with Gasteiger partial charge in [-0.2, -0.15) is 0 Å². The lowest BCUT2D eigenvalue weighted by Gasteiger charge is -2.32. The molecule has 0 fully saturated rings. The van der Waals surface area contributed by atoms with E-state index < -0.39 is 279 Å². The SMILES string of the molecule is CC(C)C[C@H](NC(=O)[C@H](CCCNC(=N)N)NC(=O)[C@H](Cc1ccccc1)NC(=O)[C@H](Cc1ccccc1)NC(=O)[C@@H](NC(=O)[C@H](CO)NC(=O)[C@H](CC(C)C)NC(=O)[C@@H](N)CO)[C@@H](C)O)C(=O)N[C@@H](Cc1ccccc1)C(=O)N(C)[C@@H](CC(N)=O)C(=O)N[C@@H](CCCNC(=N)N)C(=O)N[C@@H](CO)C(=O)N[C@@H](Cc1ccccc1)C(=O)N[C@H](C(=O)N[C@@H](CCC(N)=O)C(=O)N[C@@H](C)C(=O)O)[C@@H](C)O. The summed E-state index contributed by atoms with van der Waals surface area (Å²) in [4.78, 5) is 254. The minimum absolute atomic E-state index is 0.00464. The Morgan fingerprint density at radius 3 is 0.964 bits per heavy atom. The highest BCUT2D eigenvalue weighted by molar-refractivity contribution is 6.02. The number of rotatable bonds is 61. The van der Waals surface area contributed by atoms with Crippen LogP contribution in [0.4, 0.5) is 0 Å². The molecule has 0 aliphatic heterocycles. The third kappa shape index (κ3) is 41.5. The van der Waals surface area contributed by atoms with Crippen LogP contribution in [0.3, 0.4) is 0 Å². The number of aliphatic carboxylic acids is 1. The Morgan fingerprint density at radius 2 is 0.623 bits per heavy atom. The summed E-state index contributed by atoms with van der Waals surface area (Å²) >= 11 is 0. The van der Waals surface area contributed by atoms with Crippen molar-refractivity contribution in [2.24, 2.45) is 40.5 Å². The molecule has 0 bridgehead atoms. The van der Waals surface area contributed by atoms with Crippen LogP contribution in [0.15, 0.2) is 121 Å². The van der Waals surface area contributed by atoms with Gasteiger partial charge in [-0.3, -0.25) is 97.1 Å². The number of aliphatic hydroxyl groups is 5. The van der Waals surface area contributed by atoms with Crippen molar-refractivity contribution in [2.45, 2.75) is 241 Å². The lowest BCUT2D eigenvalue weighted by molar-refractivity contribution is -0.144. The molecule has 18 atom stereocenters. The number of nitrogens with zero attached hydrogens (tertiary/aromatic N) is 1. The lowest BCUT2D eigenvalue weighted by Crippen LogP contribution is -2.63. The number of primary amides is 2. The zero-order valence-corrected chi connectivity index (χ0v) is 78.2. The Balaban J connectivity index is 1.73. The van der Waals surface area contributed by atoms with E-state index >= 15 is 24.0 Å². The Kier molecular flexibility index (Phi) is 50.0. The number of amides is 17. The van der Waals surface area contributed by atoms with Crippen LogP contribution >= 0.6 is 0 Å². The maximum absolute atomic E-state index is 15.4. The summed E-state index contributed by atoms with van der Waals surface area (Å²) < 4.78 is 0. The van der Waals surface area contributed by atoms with Gasteiger partial charge in [0.05, 0.1) is 38.4 Å². The highest BCUT2D eigenvalue weighted by Gasteiger charge is 2.42. The van der Waals surface area contributed by atoms with Crippen LogP contribution in [0.1, 0.15) is 129 Å². The van der Waals surface area contributed by atoms with Gasteiger partial charge >= 0.3 is 5.97 Å². The van der Waals surface area contributed by atoms with Crippen molar-refractivity contribution in [2.75, 3.05) is 40.0 Å². The Labute approximate surface area is 797 Å². The van der Waals surface area contributed by atoms with E-state index in [-0.39, 0.29) is 76.8 Å². The fourth-order valence-corrected chi connectivity index (χ4v) is 13.9. The quantitative estimate of drug-likeness (QED) is 0.0111. The van der Waals surface area contributed by atoms with Crippen LogP contribution in [0.5, 0.6) is 0 Å². The molecule has 4 aromatic rings. The summed E-state index contributed by atoms with van der Waals surface area (Å²) in [6.07, 6.45) is -7.71. The summed E-state index contributed by atoms with van der Waals surface area (Å²) in [5.74, 6) is -21.8. The van der Waals surface area contributed by atoms with Gasteiger partial charge in [-0.15, -0.1) is 0 Å². The topological polar surface area (TPSA) is 802 Å². The van der Waals surface area contributed by atoms with Crippen molar-refractivity contribution in [3.63, 3.8) is 0 Å². The van der Waals surface area contributed by atoms with Gasteiger partial charge in [0.2, 0.25) is 100 Å². The van der Waals surface area contributed by atoms with Gasteiger partial charge in [0.1, 0.15) is 96.7 Å². The van der Waals surface area contributed by atoms with E-state index in [2.05, 4.69) is 85.1 Å². The standard InChI is InChI=1S/C90H134N24O24/c1-47(2)37-60(104-73(122)56(91)44-115)78(127)111-67(46-117)83(132)113-72(51(7)119)86(135)108-63(40-53-25-15-10-16-26-53)80(129)106-62(39-52-23-13-9-14-24-52)79(128)101-57(31-21-35-98-89(94)95)75(124)105-61(38-48(3)4)77(126)109-65(42-55-29-19-12-20-30-55)87(136)114(8)68(43-70(93)121)84(133)102-58(32-22-36-99-90(96)97)76(125)110-66(45-116)82(131)107-64(41-54-27-17-11-18-28-54)81(130)112-71(50(6)118)85(134)103-59(33-34-69(92)120)74(123)100-49(5)88(137)138/h9-20,23-30,47-51,56-68,71-72,115-119H,21-22,31-46,91H2,1-8H3,(H2,92,120)(H2,93,121)(H,100,123)(H,101,128)(H,102,133)(H,103,134)(H,104,122)(H,105,124)(H,106,129)(H,107,131)(H,108,135)(H,109,126)(H,110,125)(H,111,127)(H,112,130)(H,113,132)(H,137,138)(H4,94,95,98)(H4,96,97,99)/t49-,50+,51+,56-,57-,58-,59-,60-,61-,62-,63-,64-,65-,66-,67-,68-,71-,72-/m0/s1. The number of hydrogen-bond donors (Lipinski definition) is 29. The van der Waals surface area contributed by atoms with E-state index in [1.165, 1.54) is 0 Å². The number of guanidine groups is 2. The number of aliphatic hydroxyl groups excluding tert-OH is 5. The molecule has 0 saturated heterocycles. The van der Waals surface area contributed by atoms with Gasteiger partial charge in [0.15, 0.2) is 11.9 Å². The molecule has 34 N–H and O–H groups in total. The number of carbonyl (C=O) groups excluding carboxylic acids is 17. The largest absolute Gasteiger partial charge is 0.480 e. The number of nitrogens with two attached hydrogens (primary N) is 5. The van der Waals surface area contributed by atoms with Crippen LogP contribution in [0.2, 0.25) is 0 Å². The van der Waals surface area contributed by atoms with E-state index in [1.54, 1.807) is 149 Å². The molecule has 0 spiro atoms. The van der Waals surface area contributed by atoms with Crippen molar-refractivity contribution >= 4 is 118 Å². The minimum atomic E-state index is -2.00. The lowest BCUT2D eigenvalue weighted by atomic mass is 9.99. The van der Waals surface area contributed by atoms with Gasteiger partial charge in [-0.05, 0) is 99.8 Å². The summed E-state index contributed by atoms with van der Waals surface area (Å²) in [6.45, 7) is 6.90. The zero-order valence-electron chi connectivity index (χ0n) is 78.2. The molecule has 0 aliphatic carbocycles. The number of likely N-dealkylation sites (N-methyl/N-ethyl adjacent to an activating group) is 1. The normalized spacial score (nSPS) is 15.0. The van der Waals surface area contributed by atoms with Gasteiger partial charge in [0.25, 0.3) is 0 Å². The second kappa shape index (κ2) is 59.5. The monoisotopic (exact) mass is 1940 g/mol. The molecule has 0 radical (unpaired) electrons. The highest BCUT2D eigenvalue weighted by atomic mass is 16.4.